The van der Waals surface area contributed by atoms with Crippen LogP contribution in [-0.4, -0.2) is 47.9 Å². The molecule has 2 rings (SSSR count). The fourth-order valence-corrected chi connectivity index (χ4v) is 3.09. The molecule has 1 fully saturated rings. The topological polar surface area (TPSA) is 70.7 Å². The summed E-state index contributed by atoms with van der Waals surface area (Å²) in [6, 6.07) is 7.48. The summed E-state index contributed by atoms with van der Waals surface area (Å²) in [7, 11) is 0. The van der Waals surface area contributed by atoms with Crippen LogP contribution in [0.5, 0.6) is 0 Å². The molecule has 114 valence electrons. The summed E-state index contributed by atoms with van der Waals surface area (Å²) in [4.78, 5) is 18.2. The van der Waals surface area contributed by atoms with Crippen molar-refractivity contribution in [2.75, 3.05) is 36.5 Å². The van der Waals surface area contributed by atoms with Gasteiger partial charge in [-0.05, 0) is 24.3 Å². The lowest BCUT2D eigenvalue weighted by molar-refractivity contribution is -0.116. The van der Waals surface area contributed by atoms with Crippen molar-refractivity contribution in [1.29, 1.82) is 0 Å². The van der Waals surface area contributed by atoms with Gasteiger partial charge in [-0.1, -0.05) is 15.9 Å². The van der Waals surface area contributed by atoms with E-state index < -0.39 is 0 Å². The first-order chi connectivity index (χ1) is 10.1. The van der Waals surface area contributed by atoms with Crippen molar-refractivity contribution < 1.29 is 4.79 Å². The molecular formula is C14H19BrN4OS. The molecular weight excluding hydrogens is 352 g/mol. The number of carbonyl (C=O) groups is 1. The zero-order valence-electron chi connectivity index (χ0n) is 11.7. The van der Waals surface area contributed by atoms with Crippen LogP contribution >= 0.6 is 27.7 Å². The third-order valence-electron chi connectivity index (χ3n) is 3.08. The second-order valence-corrected chi connectivity index (χ2v) is 6.78. The maximum Gasteiger partial charge on any atom is 0.226 e. The summed E-state index contributed by atoms with van der Waals surface area (Å²) < 4.78 is 0.984. The minimum atomic E-state index is -0.0527. The van der Waals surface area contributed by atoms with Gasteiger partial charge in [-0.15, -0.1) is 0 Å². The van der Waals surface area contributed by atoms with Crippen LogP contribution in [0.15, 0.2) is 33.7 Å². The first-order valence-electron chi connectivity index (χ1n) is 6.83. The molecule has 0 spiro atoms. The van der Waals surface area contributed by atoms with Gasteiger partial charge in [-0.2, -0.15) is 11.8 Å². The molecule has 7 heteroatoms. The van der Waals surface area contributed by atoms with Crippen molar-refractivity contribution in [2.45, 2.75) is 6.42 Å². The molecule has 1 aromatic carbocycles. The normalized spacial score (nSPS) is 15.9. The number of rotatable bonds is 4. The van der Waals surface area contributed by atoms with Crippen molar-refractivity contribution >= 4 is 45.2 Å². The van der Waals surface area contributed by atoms with E-state index in [1.165, 1.54) is 0 Å². The molecule has 1 heterocycles. The van der Waals surface area contributed by atoms with Crippen molar-refractivity contribution in [3.8, 4) is 0 Å². The number of halogens is 1. The number of hydrogen-bond acceptors (Lipinski definition) is 3. The fraction of sp³-hybridized carbons (Fsp3) is 0.429. The standard InChI is InChI=1S/C14H19BrN4OS/c15-11-1-3-12(4-2-11)18-13(20)5-6-17-14(16)19-7-9-21-10-8-19/h1-4H,5-10H2,(H2,16,17)(H,18,20). The fourth-order valence-electron chi connectivity index (χ4n) is 1.92. The molecule has 1 aliphatic heterocycles. The average molecular weight is 371 g/mol. The van der Waals surface area contributed by atoms with Gasteiger partial charge in [0.05, 0.1) is 6.54 Å². The SMILES string of the molecule is NC(=NCCC(=O)Nc1ccc(Br)cc1)N1CCSCC1. The van der Waals surface area contributed by atoms with Crippen LogP contribution in [-0.2, 0) is 4.79 Å². The number of carbonyl (C=O) groups excluding carboxylic acids is 1. The van der Waals surface area contributed by atoms with E-state index in [1.54, 1.807) is 0 Å². The smallest absolute Gasteiger partial charge is 0.226 e. The molecule has 3 N–H and O–H groups in total. The van der Waals surface area contributed by atoms with Gasteiger partial charge in [0.2, 0.25) is 5.91 Å². The van der Waals surface area contributed by atoms with E-state index in [4.69, 9.17) is 5.73 Å². The number of nitrogens with two attached hydrogens (primary N) is 1. The number of thioether (sulfide) groups is 1. The summed E-state index contributed by atoms with van der Waals surface area (Å²) in [6.07, 6.45) is 0.333. The lowest BCUT2D eigenvalue weighted by Gasteiger charge is -2.27. The number of nitrogens with zero attached hydrogens (tertiary/aromatic N) is 2. The lowest BCUT2D eigenvalue weighted by atomic mass is 10.3. The van der Waals surface area contributed by atoms with Gasteiger partial charge in [0.1, 0.15) is 0 Å². The predicted molar refractivity (Wildman–Crippen MR) is 92.8 cm³/mol. The average Bonchev–Trinajstić information content (AvgIpc) is 2.50. The monoisotopic (exact) mass is 370 g/mol. The Hall–Kier alpha value is -1.21. The molecule has 0 unspecified atom stereocenters. The van der Waals surface area contributed by atoms with Crippen molar-refractivity contribution in [3.05, 3.63) is 28.7 Å². The van der Waals surface area contributed by atoms with E-state index in [0.717, 1.165) is 34.8 Å². The van der Waals surface area contributed by atoms with E-state index in [1.807, 2.05) is 36.0 Å². The Morgan fingerprint density at radius 3 is 2.67 bits per heavy atom. The zero-order valence-corrected chi connectivity index (χ0v) is 14.1. The Balaban J connectivity index is 1.74. The van der Waals surface area contributed by atoms with E-state index in [0.29, 0.717) is 18.9 Å². The van der Waals surface area contributed by atoms with Crippen LogP contribution in [0.4, 0.5) is 5.69 Å². The van der Waals surface area contributed by atoms with Crippen LogP contribution in [0.3, 0.4) is 0 Å². The third kappa shape index (κ3) is 5.59. The van der Waals surface area contributed by atoms with Gasteiger partial charge < -0.3 is 16.0 Å². The second kappa shape index (κ2) is 8.29. The van der Waals surface area contributed by atoms with Crippen molar-refractivity contribution in [3.63, 3.8) is 0 Å². The highest BCUT2D eigenvalue weighted by Gasteiger charge is 2.12. The van der Waals surface area contributed by atoms with Crippen LogP contribution in [0, 0.1) is 0 Å². The summed E-state index contributed by atoms with van der Waals surface area (Å²) in [5.41, 5.74) is 6.72. The molecule has 0 aromatic heterocycles. The number of guanidine groups is 1. The summed E-state index contributed by atoms with van der Waals surface area (Å²) >= 11 is 5.28. The third-order valence-corrected chi connectivity index (χ3v) is 4.55. The van der Waals surface area contributed by atoms with Crippen LogP contribution in [0.1, 0.15) is 6.42 Å². The van der Waals surface area contributed by atoms with Crippen molar-refractivity contribution in [1.82, 2.24) is 4.90 Å². The molecule has 0 aliphatic carbocycles. The van der Waals surface area contributed by atoms with E-state index in [2.05, 4.69) is 31.1 Å². The Labute approximate surface area is 137 Å². The maximum atomic E-state index is 11.8. The Morgan fingerprint density at radius 1 is 1.33 bits per heavy atom. The summed E-state index contributed by atoms with van der Waals surface area (Å²) in [5.74, 6) is 2.66. The zero-order chi connectivity index (χ0) is 15.1. The van der Waals surface area contributed by atoms with Gasteiger partial charge in [0.15, 0.2) is 5.96 Å². The molecule has 1 aromatic rings. The number of hydrogen-bond donors (Lipinski definition) is 2. The summed E-state index contributed by atoms with van der Waals surface area (Å²) in [6.45, 7) is 2.29. The molecule has 1 saturated heterocycles. The van der Waals surface area contributed by atoms with Gasteiger partial charge in [0, 0.05) is 41.2 Å². The van der Waals surface area contributed by atoms with Gasteiger partial charge in [0.25, 0.3) is 0 Å². The molecule has 0 atom stereocenters. The van der Waals surface area contributed by atoms with Crippen LogP contribution in [0.25, 0.3) is 0 Å². The van der Waals surface area contributed by atoms with Crippen molar-refractivity contribution in [2.24, 2.45) is 10.7 Å². The molecule has 0 saturated carbocycles. The highest BCUT2D eigenvalue weighted by atomic mass is 79.9. The highest BCUT2D eigenvalue weighted by molar-refractivity contribution is 9.10. The number of aliphatic imine (C=N–C) groups is 1. The Morgan fingerprint density at radius 2 is 2.00 bits per heavy atom. The number of nitrogens with one attached hydrogen (secondary N) is 1. The Bertz CT molecular complexity index is 500. The van der Waals surface area contributed by atoms with Gasteiger partial charge in [-0.3, -0.25) is 9.79 Å². The lowest BCUT2D eigenvalue weighted by Crippen LogP contribution is -2.42. The number of anilines is 1. The highest BCUT2D eigenvalue weighted by Crippen LogP contribution is 2.14. The molecule has 21 heavy (non-hydrogen) atoms. The molecule has 1 amide bonds. The maximum absolute atomic E-state index is 11.8. The molecule has 0 bridgehead atoms. The first kappa shape index (κ1) is 16.2. The predicted octanol–water partition coefficient (Wildman–Crippen LogP) is 2.14. The van der Waals surface area contributed by atoms with E-state index >= 15 is 0 Å². The molecule has 1 aliphatic rings. The first-order valence-corrected chi connectivity index (χ1v) is 8.78. The van der Waals surface area contributed by atoms with E-state index in [-0.39, 0.29) is 5.91 Å². The van der Waals surface area contributed by atoms with Crippen LogP contribution in [0.2, 0.25) is 0 Å². The quantitative estimate of drug-likeness (QED) is 0.629. The minimum absolute atomic E-state index is 0.0527. The molecule has 5 nitrogen and oxygen atoms in total. The van der Waals surface area contributed by atoms with Crippen LogP contribution < -0.4 is 11.1 Å². The Kier molecular flexibility index (Phi) is 6.38. The number of benzene rings is 1. The van der Waals surface area contributed by atoms with E-state index in [9.17, 15) is 4.79 Å². The minimum Gasteiger partial charge on any atom is -0.370 e. The van der Waals surface area contributed by atoms with Gasteiger partial charge >= 0.3 is 0 Å². The second-order valence-electron chi connectivity index (χ2n) is 4.64. The van der Waals surface area contributed by atoms with Gasteiger partial charge in [-0.25, -0.2) is 0 Å². The summed E-state index contributed by atoms with van der Waals surface area (Å²) in [5, 5.41) is 2.84. The largest absolute Gasteiger partial charge is 0.370 e. The molecule has 0 radical (unpaired) electrons. The number of amides is 1.